The first-order valence-electron chi connectivity index (χ1n) is 5.64. The standard InChI is InChI=1S/C11H14Cl2N6/c1-19-5-4-15-9(19)2-3-16-10-7(12)6-8(13)11(17-10)18-14/h4-6H,2-3,14H2,1H3,(H2,16,17,18). The molecule has 0 fully saturated rings. The van der Waals surface area contributed by atoms with Crippen LogP contribution in [0.2, 0.25) is 10.0 Å². The van der Waals surface area contributed by atoms with Gasteiger partial charge in [0.25, 0.3) is 0 Å². The van der Waals surface area contributed by atoms with Gasteiger partial charge in [-0.05, 0) is 6.07 Å². The van der Waals surface area contributed by atoms with Crippen LogP contribution in [0.5, 0.6) is 0 Å². The minimum atomic E-state index is 0.377. The molecule has 0 spiro atoms. The number of aromatic nitrogens is 3. The predicted octanol–water partition coefficient (Wildman–Crippen LogP) is 2.06. The van der Waals surface area contributed by atoms with Gasteiger partial charge in [0.2, 0.25) is 0 Å². The van der Waals surface area contributed by atoms with Gasteiger partial charge in [-0.3, -0.25) is 0 Å². The second kappa shape index (κ2) is 6.10. The summed E-state index contributed by atoms with van der Waals surface area (Å²) >= 11 is 12.0. The molecule has 2 heterocycles. The number of rotatable bonds is 5. The quantitative estimate of drug-likeness (QED) is 0.582. The van der Waals surface area contributed by atoms with E-state index < -0.39 is 0 Å². The van der Waals surface area contributed by atoms with Crippen molar-refractivity contribution < 1.29 is 0 Å². The minimum Gasteiger partial charge on any atom is -0.368 e. The topological polar surface area (TPSA) is 80.8 Å². The molecule has 0 saturated carbocycles. The lowest BCUT2D eigenvalue weighted by Crippen LogP contribution is -2.13. The molecule has 0 atom stereocenters. The summed E-state index contributed by atoms with van der Waals surface area (Å²) in [6.07, 6.45) is 4.42. The van der Waals surface area contributed by atoms with Gasteiger partial charge >= 0.3 is 0 Å². The van der Waals surface area contributed by atoms with E-state index in [-0.39, 0.29) is 0 Å². The highest BCUT2D eigenvalue weighted by Gasteiger charge is 2.08. The first-order valence-corrected chi connectivity index (χ1v) is 6.40. The SMILES string of the molecule is Cn1ccnc1CCNc1nc(NN)c(Cl)cc1Cl. The van der Waals surface area contributed by atoms with Crippen LogP contribution in [0.1, 0.15) is 5.82 Å². The number of hydrogen-bond acceptors (Lipinski definition) is 5. The molecule has 0 aromatic carbocycles. The first-order chi connectivity index (χ1) is 9.11. The number of nitrogens with zero attached hydrogens (tertiary/aromatic N) is 3. The van der Waals surface area contributed by atoms with E-state index >= 15 is 0 Å². The Morgan fingerprint density at radius 1 is 1.32 bits per heavy atom. The van der Waals surface area contributed by atoms with Crippen LogP contribution in [-0.4, -0.2) is 21.1 Å². The van der Waals surface area contributed by atoms with Crippen LogP contribution in [0.25, 0.3) is 0 Å². The Kier molecular flexibility index (Phi) is 4.47. The summed E-state index contributed by atoms with van der Waals surface area (Å²) in [5.41, 5.74) is 2.42. The zero-order valence-electron chi connectivity index (χ0n) is 10.3. The van der Waals surface area contributed by atoms with Crippen molar-refractivity contribution in [2.45, 2.75) is 6.42 Å². The fraction of sp³-hybridized carbons (Fsp3) is 0.273. The molecule has 0 bridgehead atoms. The number of anilines is 2. The van der Waals surface area contributed by atoms with Gasteiger partial charge < -0.3 is 15.3 Å². The molecule has 4 N–H and O–H groups in total. The van der Waals surface area contributed by atoms with E-state index in [1.807, 2.05) is 17.8 Å². The van der Waals surface area contributed by atoms with Crippen molar-refractivity contribution in [3.05, 3.63) is 34.3 Å². The maximum Gasteiger partial charge on any atom is 0.161 e. The van der Waals surface area contributed by atoms with E-state index in [2.05, 4.69) is 20.7 Å². The summed E-state index contributed by atoms with van der Waals surface area (Å²) in [7, 11) is 1.95. The summed E-state index contributed by atoms with van der Waals surface area (Å²) in [6, 6.07) is 1.59. The number of hydrogen-bond donors (Lipinski definition) is 3. The summed E-state index contributed by atoms with van der Waals surface area (Å²) < 4.78 is 1.96. The van der Waals surface area contributed by atoms with Crippen molar-refractivity contribution in [3.63, 3.8) is 0 Å². The lowest BCUT2D eigenvalue weighted by Gasteiger charge is -2.10. The maximum absolute atomic E-state index is 6.05. The van der Waals surface area contributed by atoms with Gasteiger partial charge in [0.1, 0.15) is 11.6 Å². The van der Waals surface area contributed by atoms with Crippen molar-refractivity contribution in [3.8, 4) is 0 Å². The minimum absolute atomic E-state index is 0.377. The van der Waals surface area contributed by atoms with Gasteiger partial charge in [0, 0.05) is 32.4 Å². The third-order valence-electron chi connectivity index (χ3n) is 2.63. The Morgan fingerprint density at radius 3 is 2.68 bits per heavy atom. The second-order valence-electron chi connectivity index (χ2n) is 3.92. The normalized spacial score (nSPS) is 10.5. The van der Waals surface area contributed by atoms with Gasteiger partial charge in [-0.1, -0.05) is 23.2 Å². The third kappa shape index (κ3) is 3.28. The van der Waals surface area contributed by atoms with Crippen molar-refractivity contribution in [2.75, 3.05) is 17.3 Å². The van der Waals surface area contributed by atoms with Crippen LogP contribution < -0.4 is 16.6 Å². The van der Waals surface area contributed by atoms with Gasteiger partial charge in [-0.25, -0.2) is 15.8 Å². The Labute approximate surface area is 120 Å². The average molecular weight is 301 g/mol. The highest BCUT2D eigenvalue weighted by molar-refractivity contribution is 6.37. The molecule has 2 rings (SSSR count). The Balaban J connectivity index is 2.01. The smallest absolute Gasteiger partial charge is 0.161 e. The second-order valence-corrected chi connectivity index (χ2v) is 4.74. The number of halogens is 2. The molecular weight excluding hydrogens is 287 g/mol. The van der Waals surface area contributed by atoms with Crippen molar-refractivity contribution in [2.24, 2.45) is 12.9 Å². The number of nitrogens with one attached hydrogen (secondary N) is 2. The molecule has 19 heavy (non-hydrogen) atoms. The molecule has 2 aromatic rings. The summed E-state index contributed by atoms with van der Waals surface area (Å²) in [4.78, 5) is 8.43. The molecule has 102 valence electrons. The van der Waals surface area contributed by atoms with Gasteiger partial charge in [0.15, 0.2) is 5.82 Å². The number of nitrogen functional groups attached to an aromatic ring is 1. The van der Waals surface area contributed by atoms with Gasteiger partial charge in [0.05, 0.1) is 10.0 Å². The van der Waals surface area contributed by atoms with Gasteiger partial charge in [-0.15, -0.1) is 0 Å². The summed E-state index contributed by atoms with van der Waals surface area (Å²) in [6.45, 7) is 0.656. The van der Waals surface area contributed by atoms with E-state index in [0.29, 0.717) is 28.2 Å². The maximum atomic E-state index is 6.05. The lowest BCUT2D eigenvalue weighted by molar-refractivity contribution is 0.788. The number of imidazole rings is 1. The molecule has 0 unspecified atom stereocenters. The molecule has 0 aliphatic rings. The molecule has 0 aliphatic carbocycles. The summed E-state index contributed by atoms with van der Waals surface area (Å²) in [5.74, 6) is 7.21. The monoisotopic (exact) mass is 300 g/mol. The van der Waals surface area contributed by atoms with Crippen LogP contribution in [0, 0.1) is 0 Å². The number of aryl methyl sites for hydroxylation is 1. The third-order valence-corrected chi connectivity index (χ3v) is 3.20. The molecule has 0 aliphatic heterocycles. The average Bonchev–Trinajstić information content (AvgIpc) is 2.78. The van der Waals surface area contributed by atoms with E-state index in [0.717, 1.165) is 12.2 Å². The zero-order valence-corrected chi connectivity index (χ0v) is 11.8. The Morgan fingerprint density at radius 2 is 2.05 bits per heavy atom. The van der Waals surface area contributed by atoms with Crippen molar-refractivity contribution >= 4 is 34.8 Å². The summed E-state index contributed by atoms with van der Waals surface area (Å²) in [5, 5.41) is 3.95. The molecule has 2 aromatic heterocycles. The fourth-order valence-corrected chi connectivity index (χ4v) is 2.10. The lowest BCUT2D eigenvalue weighted by atomic mass is 10.3. The van der Waals surface area contributed by atoms with E-state index in [9.17, 15) is 0 Å². The van der Waals surface area contributed by atoms with Crippen LogP contribution in [0.4, 0.5) is 11.6 Å². The van der Waals surface area contributed by atoms with Gasteiger partial charge in [-0.2, -0.15) is 0 Å². The van der Waals surface area contributed by atoms with Crippen LogP contribution in [-0.2, 0) is 13.5 Å². The fourth-order valence-electron chi connectivity index (χ4n) is 1.62. The Hall–Kier alpha value is -1.50. The van der Waals surface area contributed by atoms with Crippen molar-refractivity contribution in [1.82, 2.24) is 14.5 Å². The molecule has 0 saturated heterocycles. The van der Waals surface area contributed by atoms with Crippen LogP contribution in [0.3, 0.4) is 0 Å². The van der Waals surface area contributed by atoms with E-state index in [1.165, 1.54) is 0 Å². The molecule has 0 amide bonds. The molecule has 8 heteroatoms. The Bertz CT molecular complexity index is 568. The van der Waals surface area contributed by atoms with Crippen molar-refractivity contribution in [1.29, 1.82) is 0 Å². The van der Waals surface area contributed by atoms with E-state index in [4.69, 9.17) is 29.0 Å². The number of nitrogens with two attached hydrogens (primary N) is 1. The van der Waals surface area contributed by atoms with Crippen LogP contribution >= 0.6 is 23.2 Å². The molecular formula is C11H14Cl2N6. The van der Waals surface area contributed by atoms with E-state index in [1.54, 1.807) is 12.3 Å². The molecule has 0 radical (unpaired) electrons. The highest BCUT2D eigenvalue weighted by atomic mass is 35.5. The predicted molar refractivity (Wildman–Crippen MR) is 77.5 cm³/mol. The molecule has 6 nitrogen and oxygen atoms in total. The number of pyridine rings is 1. The largest absolute Gasteiger partial charge is 0.368 e. The first kappa shape index (κ1) is 13.9. The number of hydrazine groups is 1. The highest BCUT2D eigenvalue weighted by Crippen LogP contribution is 2.28. The zero-order chi connectivity index (χ0) is 13.8. The van der Waals surface area contributed by atoms with Crippen LogP contribution in [0.15, 0.2) is 18.5 Å².